The Balaban J connectivity index is 0. The van der Waals surface area contributed by atoms with Gasteiger partial charge in [0, 0.05) is 0 Å². The van der Waals surface area contributed by atoms with Crippen molar-refractivity contribution in [1.29, 1.82) is 0 Å². The molecule has 26 valence electrons. The van der Waals surface area contributed by atoms with Crippen LogP contribution in [0.25, 0.3) is 0 Å². The van der Waals surface area contributed by atoms with E-state index in [1.807, 2.05) is 0 Å². The molecule has 0 aliphatic carbocycles. The average Bonchev–Trinajstić information content (AvgIpc) is 0. The molecule has 2 radical (unpaired) electrons. The molecule has 0 aromatic rings. The zero-order valence-corrected chi connectivity index (χ0v) is 5.78. The molecule has 0 unspecified atom stereocenters. The van der Waals surface area contributed by atoms with Crippen LogP contribution in [0.1, 0.15) is 0 Å². The van der Waals surface area contributed by atoms with Crippen LogP contribution in [0.4, 0.5) is 0 Å². The van der Waals surface area contributed by atoms with E-state index in [-0.39, 0.29) is 43.7 Å². The third-order valence-electron chi connectivity index (χ3n) is 0. The molecule has 0 bridgehead atoms. The van der Waals surface area contributed by atoms with Gasteiger partial charge in [0.2, 0.25) is 0 Å². The van der Waals surface area contributed by atoms with Gasteiger partial charge in [-0.1, -0.05) is 0 Å². The molecule has 0 spiro atoms. The fourth-order valence-corrected chi connectivity index (χ4v) is 0. The Morgan fingerprint density at radius 1 is 0.750 bits per heavy atom. The largest absolute Gasteiger partial charge is 2.00 e. The molecule has 0 saturated heterocycles. The zero-order chi connectivity index (χ0) is 0. The van der Waals surface area contributed by atoms with Crippen LogP contribution in [0.5, 0.6) is 0 Å². The summed E-state index contributed by atoms with van der Waals surface area (Å²) in [4.78, 5) is 0. The van der Waals surface area contributed by atoms with Gasteiger partial charge in [-0.2, -0.15) is 0 Å². The third-order valence-corrected chi connectivity index (χ3v) is 0. The molecule has 0 aromatic carbocycles. The Labute approximate surface area is 44.1 Å². The Morgan fingerprint density at radius 2 is 0.750 bits per heavy atom. The van der Waals surface area contributed by atoms with E-state index >= 15 is 0 Å². The molecule has 0 aliphatic rings. The first-order valence-corrected chi connectivity index (χ1v) is 0. The van der Waals surface area contributed by atoms with Crippen molar-refractivity contribution in [1.82, 2.24) is 0 Å². The molecule has 0 amide bonds. The van der Waals surface area contributed by atoms with Crippen LogP contribution in [0.3, 0.4) is 0 Å². The van der Waals surface area contributed by atoms with Gasteiger partial charge in [-0.25, -0.2) is 0 Å². The molecule has 0 rings (SSSR count). The van der Waals surface area contributed by atoms with Crippen LogP contribution in [-0.4, -0.2) is 43.7 Å². The number of hydrogen-bond acceptors (Lipinski definition) is 2. The monoisotopic (exact) mass is 260 g/mol. The van der Waals surface area contributed by atoms with Crippen LogP contribution >= 0.6 is 0 Å². The Bertz CT molecular complexity index is 3.25. The van der Waals surface area contributed by atoms with Gasteiger partial charge in [-0.05, 0) is 0 Å². The van der Waals surface area contributed by atoms with E-state index in [0.717, 1.165) is 0 Å². The summed E-state index contributed by atoms with van der Waals surface area (Å²) in [6.07, 6.45) is 0. The molecule has 0 saturated carbocycles. The van der Waals surface area contributed by atoms with Crippen molar-refractivity contribution in [2.45, 2.75) is 0 Å². The third kappa shape index (κ3) is 14.1. The van der Waals surface area contributed by atoms with Gasteiger partial charge in [0.25, 0.3) is 0 Å². The molecule has 0 fully saturated rings. The fourth-order valence-electron chi connectivity index (χ4n) is 0. The van der Waals surface area contributed by atoms with Crippen LogP contribution in [0.15, 0.2) is 0 Å². The maximum atomic E-state index is 0. The number of rotatable bonds is 0. The molecular formula is H4O3Pb. The average molecular weight is 259 g/mol. The minimum absolute atomic E-state index is 0. The van der Waals surface area contributed by atoms with E-state index in [4.69, 9.17) is 0 Å². The van der Waals surface area contributed by atoms with Crippen molar-refractivity contribution in [3.63, 3.8) is 0 Å². The van der Waals surface area contributed by atoms with Gasteiger partial charge in [0.1, 0.15) is 0 Å². The van der Waals surface area contributed by atoms with E-state index < -0.39 is 0 Å². The van der Waals surface area contributed by atoms with E-state index in [0.29, 0.717) is 0 Å². The van der Waals surface area contributed by atoms with Gasteiger partial charge < -0.3 is 16.4 Å². The second-order valence-corrected chi connectivity index (χ2v) is 0. The Hall–Kier alpha value is 0.802. The van der Waals surface area contributed by atoms with Crippen LogP contribution in [-0.2, 0) is 0 Å². The molecule has 0 aromatic heterocycles. The molecule has 4 N–H and O–H groups in total. The zero-order valence-electron chi connectivity index (χ0n) is 1.89. The molecule has 4 heteroatoms. The predicted octanol–water partition coefficient (Wildman–Crippen LogP) is -1.56. The van der Waals surface area contributed by atoms with Gasteiger partial charge in [-0.3, -0.25) is 0 Å². The molecule has 4 heavy (non-hydrogen) atoms. The van der Waals surface area contributed by atoms with E-state index in [1.54, 1.807) is 0 Å². The summed E-state index contributed by atoms with van der Waals surface area (Å²) < 4.78 is 0. The normalized spacial score (nSPS) is 0. The standard InChI is InChI=1S/3H2O.Pb/h3*1H2;/q;;;+2/p-2. The van der Waals surface area contributed by atoms with Crippen LogP contribution in [0, 0.1) is 0 Å². The first kappa shape index (κ1) is 108. The first-order chi connectivity index (χ1) is 0. The quantitative estimate of drug-likeness (QED) is 0.492. The Kier molecular flexibility index (Phi) is 1250. The summed E-state index contributed by atoms with van der Waals surface area (Å²) in [6.45, 7) is 0. The summed E-state index contributed by atoms with van der Waals surface area (Å²) in [5.74, 6) is 0. The molecular weight excluding hydrogens is 255 g/mol. The van der Waals surface area contributed by atoms with Crippen LogP contribution < -0.4 is 0 Å². The predicted molar refractivity (Wildman–Crippen MR) is 13.2 cm³/mol. The minimum Gasteiger partial charge on any atom is -0.870 e. The SMILES string of the molecule is O.[OH-].[OH-].[Pb+2]. The summed E-state index contributed by atoms with van der Waals surface area (Å²) in [6, 6.07) is 0. The maximum absolute atomic E-state index is 0. The van der Waals surface area contributed by atoms with Crippen molar-refractivity contribution in [3.8, 4) is 0 Å². The summed E-state index contributed by atoms with van der Waals surface area (Å²) in [7, 11) is 0. The van der Waals surface area contributed by atoms with Crippen molar-refractivity contribution >= 4 is 27.3 Å². The van der Waals surface area contributed by atoms with Crippen molar-refractivity contribution < 1.29 is 16.4 Å². The second kappa shape index (κ2) is 46.4. The summed E-state index contributed by atoms with van der Waals surface area (Å²) in [5, 5.41) is 0. The Morgan fingerprint density at radius 3 is 0.750 bits per heavy atom. The second-order valence-electron chi connectivity index (χ2n) is 0. The van der Waals surface area contributed by atoms with Gasteiger partial charge in [0.05, 0.1) is 0 Å². The number of hydrogen-bond donors (Lipinski definition) is 0. The van der Waals surface area contributed by atoms with Gasteiger partial charge >= 0.3 is 27.3 Å². The van der Waals surface area contributed by atoms with Gasteiger partial charge in [0.15, 0.2) is 0 Å². The molecule has 0 heterocycles. The van der Waals surface area contributed by atoms with E-state index in [9.17, 15) is 0 Å². The van der Waals surface area contributed by atoms with E-state index in [1.165, 1.54) is 0 Å². The fraction of sp³-hybridized carbons (Fsp3) is 0. The van der Waals surface area contributed by atoms with Crippen molar-refractivity contribution in [2.24, 2.45) is 0 Å². The summed E-state index contributed by atoms with van der Waals surface area (Å²) >= 11 is 0. The topological polar surface area (TPSA) is 91.5 Å². The minimum atomic E-state index is 0. The smallest absolute Gasteiger partial charge is 0.870 e. The molecule has 0 aliphatic heterocycles. The molecule has 3 nitrogen and oxygen atoms in total. The van der Waals surface area contributed by atoms with Gasteiger partial charge in [-0.15, -0.1) is 0 Å². The van der Waals surface area contributed by atoms with E-state index in [2.05, 4.69) is 0 Å². The van der Waals surface area contributed by atoms with Crippen LogP contribution in [0.2, 0.25) is 0 Å². The van der Waals surface area contributed by atoms with Crippen molar-refractivity contribution in [2.75, 3.05) is 0 Å². The molecule has 0 atom stereocenters. The summed E-state index contributed by atoms with van der Waals surface area (Å²) in [5.41, 5.74) is 0. The van der Waals surface area contributed by atoms with Crippen molar-refractivity contribution in [3.05, 3.63) is 0 Å². The first-order valence-electron chi connectivity index (χ1n) is 0. The maximum Gasteiger partial charge on any atom is 2.00 e.